The lowest BCUT2D eigenvalue weighted by atomic mass is 10.2. The molecule has 6 heteroatoms. The summed E-state index contributed by atoms with van der Waals surface area (Å²) in [5, 5.41) is 15.6. The minimum Gasteiger partial charge on any atom is -0.375 e. The Hall–Kier alpha value is -1.87. The maximum absolute atomic E-state index is 8.76. The van der Waals surface area contributed by atoms with E-state index in [0.717, 1.165) is 5.56 Å². The van der Waals surface area contributed by atoms with E-state index in [9.17, 15) is 0 Å². The summed E-state index contributed by atoms with van der Waals surface area (Å²) in [6, 6.07) is 2.04. The average molecular weight is 221 g/mol. The Kier molecular flexibility index (Phi) is 3.83. The molecule has 2 heterocycles. The molecule has 2 rings (SSSR count). The van der Waals surface area contributed by atoms with Gasteiger partial charge in [0, 0.05) is 11.8 Å². The fraction of sp³-hybridized carbons (Fsp3) is 0.222. The maximum Gasteiger partial charge on any atom is 0.181 e. The normalized spacial score (nSPS) is 8.87. The first-order valence-corrected chi connectivity index (χ1v) is 5.28. The molecule has 15 heavy (non-hydrogen) atoms. The number of nitriles is 1. The zero-order chi connectivity index (χ0) is 11.3. The molecule has 78 valence electrons. The number of aromatic amines is 1. The van der Waals surface area contributed by atoms with Crippen molar-refractivity contribution < 1.29 is 0 Å². The Bertz CT molecular complexity index is 451. The summed E-state index contributed by atoms with van der Waals surface area (Å²) in [5.74, 6) is 0. The minimum absolute atomic E-state index is 0.396. The monoisotopic (exact) mass is 221 g/mol. The van der Waals surface area contributed by atoms with Gasteiger partial charge in [-0.2, -0.15) is 10.4 Å². The first-order chi connectivity index (χ1) is 7.31. The molecule has 0 radical (unpaired) electrons. The van der Waals surface area contributed by atoms with Crippen LogP contribution in [0.5, 0.6) is 0 Å². The second kappa shape index (κ2) is 5.12. The molecule has 0 spiro atoms. The largest absolute Gasteiger partial charge is 0.375 e. The zero-order valence-electron chi connectivity index (χ0n) is 8.48. The number of nitrogens with two attached hydrogens (primary N) is 1. The highest BCUT2D eigenvalue weighted by Crippen LogP contribution is 2.27. The predicted molar refractivity (Wildman–Crippen MR) is 60.2 cm³/mol. The van der Waals surface area contributed by atoms with Crippen LogP contribution in [0.1, 0.15) is 18.7 Å². The minimum atomic E-state index is 0.396. The average Bonchev–Trinajstić information content (AvgIpc) is 2.88. The van der Waals surface area contributed by atoms with Crippen molar-refractivity contribution in [3.8, 4) is 17.3 Å². The summed E-state index contributed by atoms with van der Waals surface area (Å²) < 4.78 is 0. The van der Waals surface area contributed by atoms with E-state index in [1.54, 1.807) is 12.4 Å². The van der Waals surface area contributed by atoms with Gasteiger partial charge in [0.1, 0.15) is 16.6 Å². The molecule has 0 unspecified atom stereocenters. The van der Waals surface area contributed by atoms with Gasteiger partial charge in [-0.1, -0.05) is 25.2 Å². The Morgan fingerprint density at radius 2 is 2.27 bits per heavy atom. The van der Waals surface area contributed by atoms with Gasteiger partial charge in [0.15, 0.2) is 5.13 Å². The maximum atomic E-state index is 8.76. The van der Waals surface area contributed by atoms with E-state index in [4.69, 9.17) is 11.0 Å². The van der Waals surface area contributed by atoms with E-state index in [1.165, 1.54) is 11.3 Å². The third-order valence-corrected chi connectivity index (χ3v) is 2.31. The molecule has 0 saturated carbocycles. The van der Waals surface area contributed by atoms with Gasteiger partial charge in [-0.3, -0.25) is 5.10 Å². The molecule has 0 fully saturated rings. The summed E-state index contributed by atoms with van der Waals surface area (Å²) >= 11 is 1.18. The molecule has 0 bridgehead atoms. The summed E-state index contributed by atoms with van der Waals surface area (Å²) in [6.45, 7) is 4.00. The van der Waals surface area contributed by atoms with Crippen molar-refractivity contribution in [2.75, 3.05) is 5.73 Å². The topological polar surface area (TPSA) is 91.4 Å². The highest BCUT2D eigenvalue weighted by molar-refractivity contribution is 7.16. The molecule has 0 aliphatic heterocycles. The van der Waals surface area contributed by atoms with E-state index >= 15 is 0 Å². The molecule has 0 saturated heterocycles. The number of anilines is 1. The zero-order valence-corrected chi connectivity index (χ0v) is 9.30. The molecule has 3 N–H and O–H groups in total. The molecule has 0 atom stereocenters. The van der Waals surface area contributed by atoms with E-state index < -0.39 is 0 Å². The highest BCUT2D eigenvalue weighted by Gasteiger charge is 2.11. The number of nitrogens with one attached hydrogen (secondary N) is 1. The Labute approximate surface area is 91.6 Å². The van der Waals surface area contributed by atoms with Crippen molar-refractivity contribution >= 4 is 16.5 Å². The highest BCUT2D eigenvalue weighted by atomic mass is 32.1. The number of aromatic nitrogens is 3. The number of thiazole rings is 1. The molecule has 0 aliphatic rings. The van der Waals surface area contributed by atoms with Crippen LogP contribution < -0.4 is 5.73 Å². The Balaban J connectivity index is 0.000000531. The second-order valence-corrected chi connectivity index (χ2v) is 3.36. The Morgan fingerprint density at radius 1 is 1.53 bits per heavy atom. The lowest BCUT2D eigenvalue weighted by Gasteiger charge is -1.87. The first-order valence-electron chi connectivity index (χ1n) is 4.47. The summed E-state index contributed by atoms with van der Waals surface area (Å²) in [4.78, 5) is 4.55. The van der Waals surface area contributed by atoms with Crippen LogP contribution in [0.15, 0.2) is 12.4 Å². The van der Waals surface area contributed by atoms with Crippen molar-refractivity contribution in [2.45, 2.75) is 13.8 Å². The molecule has 0 aromatic carbocycles. The standard InChI is InChI=1S/C7H5N5S.C2H6/c8-1-5-6(12-7(9)13-5)4-2-10-11-3-4;1-2/h2-3H,(H2,9,12)(H,10,11);1-2H3. The number of nitrogens with zero attached hydrogens (tertiary/aromatic N) is 3. The van der Waals surface area contributed by atoms with Crippen LogP contribution in [-0.2, 0) is 0 Å². The fourth-order valence-corrected chi connectivity index (χ4v) is 1.64. The predicted octanol–water partition coefficient (Wildman–Crippen LogP) is 2.01. The molecular weight excluding hydrogens is 210 g/mol. The summed E-state index contributed by atoms with van der Waals surface area (Å²) in [6.07, 6.45) is 3.28. The van der Waals surface area contributed by atoms with E-state index in [1.807, 2.05) is 19.9 Å². The van der Waals surface area contributed by atoms with Crippen LogP contribution in [-0.4, -0.2) is 15.2 Å². The van der Waals surface area contributed by atoms with E-state index in [-0.39, 0.29) is 0 Å². The summed E-state index contributed by atoms with van der Waals surface area (Å²) in [7, 11) is 0. The molecule has 0 aliphatic carbocycles. The number of nitrogen functional groups attached to an aromatic ring is 1. The van der Waals surface area contributed by atoms with Crippen LogP contribution in [0.2, 0.25) is 0 Å². The fourth-order valence-electron chi connectivity index (χ4n) is 0.989. The molecular formula is C9H11N5S. The van der Waals surface area contributed by atoms with Gasteiger partial charge in [0.25, 0.3) is 0 Å². The SMILES string of the molecule is CC.N#Cc1sc(N)nc1-c1cn[nH]c1. The lowest BCUT2D eigenvalue weighted by Crippen LogP contribution is -1.82. The van der Waals surface area contributed by atoms with Gasteiger partial charge < -0.3 is 5.73 Å². The van der Waals surface area contributed by atoms with Crippen LogP contribution in [0.25, 0.3) is 11.3 Å². The van der Waals surface area contributed by atoms with Crippen LogP contribution in [0, 0.1) is 11.3 Å². The Morgan fingerprint density at radius 3 is 2.80 bits per heavy atom. The van der Waals surface area contributed by atoms with Crippen molar-refractivity contribution in [1.82, 2.24) is 15.2 Å². The molecule has 2 aromatic heterocycles. The van der Waals surface area contributed by atoms with Gasteiger partial charge in [0.05, 0.1) is 6.20 Å². The summed E-state index contributed by atoms with van der Waals surface area (Å²) in [5.41, 5.74) is 6.86. The van der Waals surface area contributed by atoms with E-state index in [0.29, 0.717) is 15.7 Å². The van der Waals surface area contributed by atoms with Gasteiger partial charge in [0.2, 0.25) is 0 Å². The lowest BCUT2D eigenvalue weighted by molar-refractivity contribution is 1.09. The molecule has 5 nitrogen and oxygen atoms in total. The number of hydrogen-bond acceptors (Lipinski definition) is 5. The van der Waals surface area contributed by atoms with Crippen LogP contribution >= 0.6 is 11.3 Å². The van der Waals surface area contributed by atoms with Crippen LogP contribution in [0.3, 0.4) is 0 Å². The van der Waals surface area contributed by atoms with Crippen molar-refractivity contribution in [2.24, 2.45) is 0 Å². The third kappa shape index (κ3) is 2.33. The van der Waals surface area contributed by atoms with Crippen molar-refractivity contribution in [3.63, 3.8) is 0 Å². The van der Waals surface area contributed by atoms with Gasteiger partial charge in [-0.05, 0) is 0 Å². The van der Waals surface area contributed by atoms with Crippen molar-refractivity contribution in [1.29, 1.82) is 5.26 Å². The van der Waals surface area contributed by atoms with Crippen molar-refractivity contribution in [3.05, 3.63) is 17.3 Å². The molecule has 2 aromatic rings. The van der Waals surface area contributed by atoms with E-state index in [2.05, 4.69) is 15.2 Å². The molecule has 0 amide bonds. The third-order valence-electron chi connectivity index (χ3n) is 1.52. The van der Waals surface area contributed by atoms with Gasteiger partial charge in [-0.25, -0.2) is 4.98 Å². The number of H-pyrrole nitrogens is 1. The van der Waals surface area contributed by atoms with Crippen LogP contribution in [0.4, 0.5) is 5.13 Å². The number of hydrogen-bond donors (Lipinski definition) is 2. The first kappa shape index (κ1) is 11.2. The smallest absolute Gasteiger partial charge is 0.181 e. The van der Waals surface area contributed by atoms with Gasteiger partial charge >= 0.3 is 0 Å². The number of rotatable bonds is 1. The second-order valence-electron chi connectivity index (χ2n) is 2.33. The quantitative estimate of drug-likeness (QED) is 0.770. The van der Waals surface area contributed by atoms with Gasteiger partial charge in [-0.15, -0.1) is 0 Å².